The number of anilines is 1. The molecule has 0 unspecified atom stereocenters. The predicted molar refractivity (Wildman–Crippen MR) is 103 cm³/mol. The van der Waals surface area contributed by atoms with Crippen molar-refractivity contribution in [3.05, 3.63) is 54.2 Å². The number of hydrogen-bond acceptors (Lipinski definition) is 7. The molecule has 1 aromatic heterocycles. The van der Waals surface area contributed by atoms with Crippen LogP contribution in [0.2, 0.25) is 0 Å². The Bertz CT molecular complexity index is 905. The van der Waals surface area contributed by atoms with Crippen molar-refractivity contribution in [2.75, 3.05) is 38.2 Å². The highest BCUT2D eigenvalue weighted by Gasteiger charge is 2.43. The summed E-state index contributed by atoms with van der Waals surface area (Å²) in [6.45, 7) is 2.60. The van der Waals surface area contributed by atoms with Crippen LogP contribution < -0.4 is 10.2 Å². The number of ether oxygens (including phenoxy) is 1. The van der Waals surface area contributed by atoms with Crippen LogP contribution in [-0.2, 0) is 14.3 Å². The van der Waals surface area contributed by atoms with Gasteiger partial charge < -0.3 is 19.0 Å². The Kier molecular flexibility index (Phi) is 5.20. The Balaban J connectivity index is 1.52. The fourth-order valence-electron chi connectivity index (χ4n) is 3.61. The van der Waals surface area contributed by atoms with Crippen molar-refractivity contribution in [3.63, 3.8) is 0 Å². The molecule has 1 aromatic carbocycles. The highest BCUT2D eigenvalue weighted by Crippen LogP contribution is 2.31. The standard InChI is InChI=1S/C20H21FN4O4/c1-28-19(27)16-17(15-3-2-12-29-15)22-20(23-18(16)26)25-10-8-24(9-11-25)14-6-4-13(21)5-7-14/h2-7,12,16-17H,8-11H2,1H3,(H,22,23,26)/t16-,17-/m1/s1. The molecule has 0 saturated carbocycles. The van der Waals surface area contributed by atoms with Crippen LogP contribution in [0, 0.1) is 11.7 Å². The zero-order valence-corrected chi connectivity index (χ0v) is 15.9. The van der Waals surface area contributed by atoms with Crippen molar-refractivity contribution in [1.29, 1.82) is 0 Å². The summed E-state index contributed by atoms with van der Waals surface area (Å²) in [7, 11) is 1.24. The third-order valence-corrected chi connectivity index (χ3v) is 5.16. The van der Waals surface area contributed by atoms with E-state index < -0.39 is 23.8 Å². The first kappa shape index (κ1) is 19.0. The second kappa shape index (κ2) is 7.94. The largest absolute Gasteiger partial charge is 0.468 e. The number of benzene rings is 1. The first-order chi connectivity index (χ1) is 14.1. The number of rotatable bonds is 3. The normalized spacial score (nSPS) is 22.1. The van der Waals surface area contributed by atoms with Gasteiger partial charge in [0.15, 0.2) is 5.92 Å². The molecule has 8 nitrogen and oxygen atoms in total. The van der Waals surface area contributed by atoms with E-state index in [1.807, 2.05) is 4.90 Å². The second-order valence-electron chi connectivity index (χ2n) is 6.85. The number of hydrogen-bond donors (Lipinski definition) is 1. The molecule has 0 spiro atoms. The van der Waals surface area contributed by atoms with Crippen LogP contribution in [0.3, 0.4) is 0 Å². The van der Waals surface area contributed by atoms with Gasteiger partial charge in [-0.1, -0.05) is 0 Å². The molecule has 0 bridgehead atoms. The predicted octanol–water partition coefficient (Wildman–Crippen LogP) is 1.56. The number of piperazine rings is 1. The van der Waals surface area contributed by atoms with E-state index in [0.29, 0.717) is 37.9 Å². The summed E-state index contributed by atoms with van der Waals surface area (Å²) in [5.74, 6) is -1.66. The van der Waals surface area contributed by atoms with Crippen LogP contribution in [0.15, 0.2) is 52.1 Å². The van der Waals surface area contributed by atoms with Crippen LogP contribution in [0.1, 0.15) is 11.8 Å². The Labute approximate surface area is 166 Å². The summed E-state index contributed by atoms with van der Waals surface area (Å²) in [6, 6.07) is 8.97. The summed E-state index contributed by atoms with van der Waals surface area (Å²) >= 11 is 0. The molecule has 0 radical (unpaired) electrons. The van der Waals surface area contributed by atoms with E-state index in [-0.39, 0.29) is 5.82 Å². The quantitative estimate of drug-likeness (QED) is 0.622. The van der Waals surface area contributed by atoms with Crippen molar-refractivity contribution < 1.29 is 23.1 Å². The van der Waals surface area contributed by atoms with E-state index in [9.17, 15) is 14.0 Å². The molecule has 1 saturated heterocycles. The number of esters is 1. The van der Waals surface area contributed by atoms with Gasteiger partial charge in [0.05, 0.1) is 13.4 Å². The molecule has 29 heavy (non-hydrogen) atoms. The van der Waals surface area contributed by atoms with E-state index in [4.69, 9.17) is 9.15 Å². The maximum absolute atomic E-state index is 13.1. The van der Waals surface area contributed by atoms with Gasteiger partial charge in [-0.25, -0.2) is 9.38 Å². The summed E-state index contributed by atoms with van der Waals surface area (Å²) in [4.78, 5) is 33.5. The number of nitrogens with zero attached hydrogens (tertiary/aromatic N) is 3. The maximum Gasteiger partial charge on any atom is 0.320 e. The average molecular weight is 400 g/mol. The minimum atomic E-state index is -1.10. The van der Waals surface area contributed by atoms with Gasteiger partial charge in [-0.3, -0.25) is 14.9 Å². The highest BCUT2D eigenvalue weighted by atomic mass is 19.1. The average Bonchev–Trinajstić information content (AvgIpc) is 3.28. The monoisotopic (exact) mass is 400 g/mol. The van der Waals surface area contributed by atoms with Crippen molar-refractivity contribution in [2.45, 2.75) is 6.04 Å². The van der Waals surface area contributed by atoms with E-state index in [2.05, 4.69) is 15.2 Å². The zero-order valence-electron chi connectivity index (χ0n) is 15.9. The lowest BCUT2D eigenvalue weighted by molar-refractivity contribution is -0.151. The molecule has 152 valence electrons. The van der Waals surface area contributed by atoms with Crippen LogP contribution in [0.4, 0.5) is 10.1 Å². The van der Waals surface area contributed by atoms with Crippen LogP contribution in [0.5, 0.6) is 0 Å². The number of methoxy groups -OCH3 is 1. The first-order valence-corrected chi connectivity index (χ1v) is 9.32. The molecule has 0 aliphatic carbocycles. The fourth-order valence-corrected chi connectivity index (χ4v) is 3.61. The summed E-state index contributed by atoms with van der Waals surface area (Å²) in [5, 5.41) is 2.73. The number of nitrogens with one attached hydrogen (secondary N) is 1. The van der Waals surface area contributed by atoms with Crippen molar-refractivity contribution in [2.24, 2.45) is 10.9 Å². The molecule has 1 N–H and O–H groups in total. The van der Waals surface area contributed by atoms with Gasteiger partial charge in [-0.2, -0.15) is 0 Å². The van der Waals surface area contributed by atoms with Crippen molar-refractivity contribution in [3.8, 4) is 0 Å². The Morgan fingerprint density at radius 1 is 1.17 bits per heavy atom. The van der Waals surface area contributed by atoms with E-state index in [1.54, 1.807) is 24.3 Å². The van der Waals surface area contributed by atoms with Gasteiger partial charge in [0.25, 0.3) is 0 Å². The summed E-state index contributed by atoms with van der Waals surface area (Å²) in [6.07, 6.45) is 1.48. The molecule has 1 amide bonds. The second-order valence-corrected chi connectivity index (χ2v) is 6.85. The van der Waals surface area contributed by atoms with E-state index >= 15 is 0 Å². The number of furan rings is 1. The number of carbonyl (C=O) groups is 2. The van der Waals surface area contributed by atoms with Crippen molar-refractivity contribution in [1.82, 2.24) is 10.2 Å². The van der Waals surface area contributed by atoms with Gasteiger partial charge in [0.2, 0.25) is 11.9 Å². The van der Waals surface area contributed by atoms with Crippen molar-refractivity contribution >= 4 is 23.5 Å². The molecule has 1 fully saturated rings. The lowest BCUT2D eigenvalue weighted by Crippen LogP contribution is -2.57. The molecule has 2 aliphatic rings. The zero-order chi connectivity index (χ0) is 20.4. The smallest absolute Gasteiger partial charge is 0.320 e. The molecule has 4 rings (SSSR count). The number of aliphatic imine (C=N–C) groups is 1. The molecular weight excluding hydrogens is 379 g/mol. The lowest BCUT2D eigenvalue weighted by Gasteiger charge is -2.39. The van der Waals surface area contributed by atoms with Gasteiger partial charge >= 0.3 is 5.97 Å². The van der Waals surface area contributed by atoms with Crippen LogP contribution >= 0.6 is 0 Å². The van der Waals surface area contributed by atoms with Gasteiger partial charge in [-0.15, -0.1) is 0 Å². The molecule has 2 aromatic rings. The summed E-state index contributed by atoms with van der Waals surface area (Å²) in [5.41, 5.74) is 0.944. The Hall–Kier alpha value is -3.36. The fraction of sp³-hybridized carbons (Fsp3) is 0.350. The Morgan fingerprint density at radius 2 is 1.86 bits per heavy atom. The minimum Gasteiger partial charge on any atom is -0.468 e. The van der Waals surface area contributed by atoms with Crippen LogP contribution in [0.25, 0.3) is 0 Å². The molecule has 2 atom stereocenters. The van der Waals surface area contributed by atoms with Gasteiger partial charge in [0.1, 0.15) is 17.6 Å². The molecule has 3 heterocycles. The minimum absolute atomic E-state index is 0.268. The number of amides is 1. The topological polar surface area (TPSA) is 87.4 Å². The lowest BCUT2D eigenvalue weighted by atomic mass is 9.95. The highest BCUT2D eigenvalue weighted by molar-refractivity contribution is 6.08. The van der Waals surface area contributed by atoms with Gasteiger partial charge in [-0.05, 0) is 36.4 Å². The number of guanidine groups is 1. The third kappa shape index (κ3) is 3.80. The molecule has 9 heteroatoms. The number of halogens is 1. The molecular formula is C20H21FN4O4. The summed E-state index contributed by atoms with van der Waals surface area (Å²) < 4.78 is 23.3. The van der Waals surface area contributed by atoms with E-state index in [0.717, 1.165) is 5.69 Å². The van der Waals surface area contributed by atoms with E-state index in [1.165, 1.54) is 25.5 Å². The van der Waals surface area contributed by atoms with Gasteiger partial charge in [0, 0.05) is 31.9 Å². The number of carbonyl (C=O) groups excluding carboxylic acids is 2. The molecule has 2 aliphatic heterocycles. The van der Waals surface area contributed by atoms with Crippen LogP contribution in [-0.4, -0.2) is 56.0 Å². The first-order valence-electron chi connectivity index (χ1n) is 9.32. The third-order valence-electron chi connectivity index (χ3n) is 5.16. The maximum atomic E-state index is 13.1. The Morgan fingerprint density at radius 3 is 2.48 bits per heavy atom. The SMILES string of the molecule is COC(=O)[C@H]1C(=O)NC(N2CCN(c3ccc(F)cc3)CC2)=N[C@@H]1c1ccco1.